The Morgan fingerprint density at radius 3 is 2.23 bits per heavy atom. The minimum atomic E-state index is -5.08. The van der Waals surface area contributed by atoms with E-state index < -0.39 is 35.9 Å². The van der Waals surface area contributed by atoms with E-state index in [1.54, 1.807) is 72.9 Å². The summed E-state index contributed by atoms with van der Waals surface area (Å²) in [6.07, 6.45) is -5.67. The molecule has 1 aliphatic heterocycles. The third-order valence-corrected chi connectivity index (χ3v) is 10.1. The molecule has 4 aromatic carbocycles. The highest BCUT2D eigenvalue weighted by molar-refractivity contribution is 6.31. The number of carbonyl (C=O) groups is 3. The van der Waals surface area contributed by atoms with Crippen LogP contribution in [0.3, 0.4) is 0 Å². The summed E-state index contributed by atoms with van der Waals surface area (Å²) < 4.78 is 97.0. The largest absolute Gasteiger partial charge is 0.496 e. The molecule has 23 heteroatoms. The molecule has 0 fully saturated rings. The van der Waals surface area contributed by atoms with Gasteiger partial charge < -0.3 is 36.3 Å². The monoisotopic (exact) mass is 991 g/mol. The molecule has 0 saturated carbocycles. The molecule has 0 saturated heterocycles. The standard InChI is InChI=1S/C45H36ClF4N9O4.C2HF3O2/c1-62-36-8-3-7-35(47)39(36)41-34-19-28(46)10-13-32(34)40-27(23-53-41)24-56-44(59-40)58-30-12-15-33(37(20-30)63-2)42(61)52-17-5-9-38(60)57-29-11-14-31(25(18-29)6-4-16-51)26-21-54-43(55-22-26)45(48,49)50;3-2(4,5)1(6)7/h3,7-8,10-15,18-22,24H,5,9,16-17,23,51H2,1-2H3,(H,52,61)(H,57,60)(H,56,58,59);(H,6,7). The number of hydrogen-bond donors (Lipinski definition) is 5. The number of aliphatic imine (C=N–C) groups is 1. The van der Waals surface area contributed by atoms with Gasteiger partial charge in [-0.2, -0.15) is 26.3 Å². The first-order valence-electron chi connectivity index (χ1n) is 20.4. The van der Waals surface area contributed by atoms with Crippen LogP contribution in [0, 0.1) is 17.7 Å². The first-order chi connectivity index (χ1) is 33.3. The first-order valence-corrected chi connectivity index (χ1v) is 20.8. The maximum absolute atomic E-state index is 15.3. The van der Waals surface area contributed by atoms with E-state index in [1.165, 1.54) is 20.3 Å². The van der Waals surface area contributed by atoms with Gasteiger partial charge in [0.25, 0.3) is 5.91 Å². The fourth-order valence-electron chi connectivity index (χ4n) is 6.69. The van der Waals surface area contributed by atoms with Crippen molar-refractivity contribution in [1.82, 2.24) is 25.3 Å². The fraction of sp³-hybridized carbons (Fsp3) is 0.191. The van der Waals surface area contributed by atoms with Gasteiger partial charge in [0.15, 0.2) is 0 Å². The molecule has 3 heterocycles. The predicted octanol–water partition coefficient (Wildman–Crippen LogP) is 8.62. The van der Waals surface area contributed by atoms with Crippen molar-refractivity contribution in [3.63, 3.8) is 0 Å². The average molecular weight is 992 g/mol. The number of methoxy groups -OCH3 is 2. The van der Waals surface area contributed by atoms with Gasteiger partial charge in [-0.25, -0.2) is 29.1 Å². The van der Waals surface area contributed by atoms with Crippen molar-refractivity contribution in [3.05, 3.63) is 136 Å². The van der Waals surface area contributed by atoms with Gasteiger partial charge >= 0.3 is 18.3 Å². The molecule has 0 atom stereocenters. The highest BCUT2D eigenvalue weighted by Gasteiger charge is 2.38. The minimum absolute atomic E-state index is 0.0324. The zero-order valence-electron chi connectivity index (χ0n) is 36.5. The van der Waals surface area contributed by atoms with Crippen LogP contribution in [0.4, 0.5) is 48.1 Å². The number of carboxylic acids is 1. The number of nitrogens with two attached hydrogens (primary N) is 1. The van der Waals surface area contributed by atoms with Gasteiger partial charge in [0, 0.05) is 87.4 Å². The lowest BCUT2D eigenvalue weighted by atomic mass is 9.94. The number of carboxylic acid groups (broad SMARTS) is 1. The van der Waals surface area contributed by atoms with Crippen LogP contribution < -0.4 is 31.2 Å². The van der Waals surface area contributed by atoms with Crippen molar-refractivity contribution in [2.75, 3.05) is 37.9 Å². The van der Waals surface area contributed by atoms with Gasteiger partial charge in [0.2, 0.25) is 17.7 Å². The van der Waals surface area contributed by atoms with E-state index in [0.717, 1.165) is 12.4 Å². The van der Waals surface area contributed by atoms with Gasteiger partial charge in [-0.1, -0.05) is 41.6 Å². The van der Waals surface area contributed by atoms with Crippen LogP contribution in [-0.4, -0.2) is 82.0 Å². The number of hydrogen-bond acceptors (Lipinski definition) is 12. The molecule has 0 radical (unpaired) electrons. The normalized spacial score (nSPS) is 11.7. The lowest BCUT2D eigenvalue weighted by Crippen LogP contribution is -2.26. The van der Waals surface area contributed by atoms with Gasteiger partial charge in [-0.05, 0) is 55.0 Å². The summed E-state index contributed by atoms with van der Waals surface area (Å²) in [6, 6.07) is 19.4. The summed E-state index contributed by atoms with van der Waals surface area (Å²) in [5.41, 5.74) is 10.9. The van der Waals surface area contributed by atoms with E-state index >= 15 is 4.39 Å². The average Bonchev–Trinajstić information content (AvgIpc) is 3.47. The number of carbonyl (C=O) groups excluding carboxylic acids is 2. The van der Waals surface area contributed by atoms with E-state index in [1.807, 2.05) is 0 Å². The zero-order chi connectivity index (χ0) is 50.8. The van der Waals surface area contributed by atoms with Crippen molar-refractivity contribution in [1.29, 1.82) is 0 Å². The zero-order valence-corrected chi connectivity index (χ0v) is 37.3. The quantitative estimate of drug-likeness (QED) is 0.0443. The predicted molar refractivity (Wildman–Crippen MR) is 243 cm³/mol. The molecule has 1 aliphatic rings. The van der Waals surface area contributed by atoms with Crippen molar-refractivity contribution in [2.24, 2.45) is 10.7 Å². The SMILES string of the molecule is COc1cc(Nc2ncc3c(n2)-c2ccc(Cl)cc2C(c2c(F)cccc2OC)=NC3)ccc1C(=O)NCCCC(=O)Nc1ccc(-c2cnc(C(F)(F)F)nc2)c(C#CCN)c1.O=C(O)C(F)(F)F. The molecule has 6 aromatic rings. The second kappa shape index (κ2) is 22.3. The maximum atomic E-state index is 15.3. The number of rotatable bonds is 12. The van der Waals surface area contributed by atoms with Crippen LogP contribution >= 0.6 is 11.6 Å². The summed E-state index contributed by atoms with van der Waals surface area (Å²) in [7, 11) is 2.89. The van der Waals surface area contributed by atoms with Crippen molar-refractivity contribution in [3.8, 4) is 45.7 Å². The van der Waals surface area contributed by atoms with Gasteiger partial charge in [0.05, 0.1) is 49.8 Å². The molecular weight excluding hydrogens is 955 g/mol. The van der Waals surface area contributed by atoms with Crippen LogP contribution in [0.2, 0.25) is 5.02 Å². The van der Waals surface area contributed by atoms with Crippen LogP contribution in [0.5, 0.6) is 11.5 Å². The van der Waals surface area contributed by atoms with E-state index in [0.29, 0.717) is 73.4 Å². The van der Waals surface area contributed by atoms with Crippen molar-refractivity contribution >= 4 is 52.4 Å². The Morgan fingerprint density at radius 1 is 0.857 bits per heavy atom. The maximum Gasteiger partial charge on any atom is 0.490 e. The molecule has 0 aliphatic carbocycles. The summed E-state index contributed by atoms with van der Waals surface area (Å²) in [5.74, 6) is 1.11. The highest BCUT2D eigenvalue weighted by Crippen LogP contribution is 2.37. The molecule has 15 nitrogen and oxygen atoms in total. The van der Waals surface area contributed by atoms with Gasteiger partial charge in [-0.15, -0.1) is 0 Å². The van der Waals surface area contributed by atoms with Gasteiger partial charge in [0.1, 0.15) is 17.3 Å². The molecule has 2 amide bonds. The second-order valence-corrected chi connectivity index (χ2v) is 15.0. The number of alkyl halides is 6. The number of fused-ring (bicyclic) bond motifs is 3. The number of benzene rings is 4. The number of anilines is 3. The van der Waals surface area contributed by atoms with Crippen LogP contribution in [0.25, 0.3) is 22.4 Å². The fourth-order valence-corrected chi connectivity index (χ4v) is 6.87. The molecule has 7 rings (SSSR count). The molecule has 0 unspecified atom stereocenters. The molecule has 0 spiro atoms. The Hall–Kier alpha value is -8.16. The summed E-state index contributed by atoms with van der Waals surface area (Å²) >= 11 is 6.44. The van der Waals surface area contributed by atoms with Crippen LogP contribution in [0.1, 0.15) is 51.3 Å². The Bertz CT molecular complexity index is 3030. The Morgan fingerprint density at radius 2 is 1.56 bits per heavy atom. The molecule has 2 aromatic heterocycles. The third-order valence-electron chi connectivity index (χ3n) is 9.85. The summed E-state index contributed by atoms with van der Waals surface area (Å²) in [6.45, 7) is 0.357. The molecule has 362 valence electrons. The second-order valence-electron chi connectivity index (χ2n) is 14.5. The number of ether oxygens (including phenoxy) is 2. The lowest BCUT2D eigenvalue weighted by Gasteiger charge is -2.15. The number of halogens is 8. The number of amides is 2. The molecule has 0 bridgehead atoms. The number of nitrogens with one attached hydrogen (secondary N) is 3. The Labute approximate surface area is 398 Å². The smallest absolute Gasteiger partial charge is 0.490 e. The van der Waals surface area contributed by atoms with E-state index in [2.05, 4.69) is 42.7 Å². The van der Waals surface area contributed by atoms with Crippen LogP contribution in [0.15, 0.2) is 96.4 Å². The van der Waals surface area contributed by atoms with E-state index in [4.69, 9.17) is 46.7 Å². The van der Waals surface area contributed by atoms with Gasteiger partial charge in [-0.3, -0.25) is 14.6 Å². The Balaban J connectivity index is 0.00000107. The third kappa shape index (κ3) is 12.7. The molecule has 70 heavy (non-hydrogen) atoms. The number of nitrogens with zero attached hydrogens (tertiary/aromatic N) is 5. The summed E-state index contributed by atoms with van der Waals surface area (Å²) in [4.78, 5) is 55.9. The van der Waals surface area contributed by atoms with Crippen molar-refractivity contribution < 1.29 is 59.7 Å². The Kier molecular flexibility index (Phi) is 16.3. The molecule has 6 N–H and O–H groups in total. The van der Waals surface area contributed by atoms with Crippen LogP contribution in [-0.2, 0) is 22.3 Å². The number of aliphatic carboxylic acids is 1. The number of aromatic nitrogens is 4. The molecular formula is C47H37ClF7N9O6. The highest BCUT2D eigenvalue weighted by atomic mass is 35.5. The van der Waals surface area contributed by atoms with E-state index in [9.17, 15) is 35.9 Å². The topological polar surface area (TPSA) is 216 Å². The first kappa shape index (κ1) is 51.2. The summed E-state index contributed by atoms with van der Waals surface area (Å²) in [5, 5.41) is 16.3. The van der Waals surface area contributed by atoms with E-state index in [-0.39, 0.29) is 54.8 Å². The minimum Gasteiger partial charge on any atom is -0.496 e. The van der Waals surface area contributed by atoms with Crippen molar-refractivity contribution in [2.45, 2.75) is 31.7 Å². The lowest BCUT2D eigenvalue weighted by molar-refractivity contribution is -0.192.